The molecule has 2 aromatic carbocycles. The third-order valence-corrected chi connectivity index (χ3v) is 5.30. The number of fused-ring (bicyclic) bond motifs is 1. The molecule has 0 aromatic heterocycles. The van der Waals surface area contributed by atoms with Crippen LogP contribution in [0.25, 0.3) is 0 Å². The number of nitrogens with two attached hydrogens (primary N) is 1. The number of hydrogen-bond acceptors (Lipinski definition) is 6. The summed E-state index contributed by atoms with van der Waals surface area (Å²) in [6.07, 6.45) is 0. The van der Waals surface area contributed by atoms with E-state index in [1.54, 1.807) is 29.2 Å². The molecule has 2 aromatic rings. The summed E-state index contributed by atoms with van der Waals surface area (Å²) in [5.41, 5.74) is 4.51. The molecule has 0 aliphatic carbocycles. The zero-order valence-electron chi connectivity index (χ0n) is 15.7. The zero-order chi connectivity index (χ0) is 21.2. The van der Waals surface area contributed by atoms with Crippen molar-refractivity contribution in [1.29, 1.82) is 0 Å². The van der Waals surface area contributed by atoms with Crippen molar-refractivity contribution >= 4 is 50.3 Å². The van der Waals surface area contributed by atoms with Crippen LogP contribution < -0.4 is 25.5 Å². The summed E-state index contributed by atoms with van der Waals surface area (Å²) >= 11 is 5.19. The fraction of sp³-hybridized carbons (Fsp3) is 0.167. The van der Waals surface area contributed by atoms with Gasteiger partial charge in [-0.15, -0.1) is 0 Å². The minimum atomic E-state index is -3.84. The van der Waals surface area contributed by atoms with Gasteiger partial charge in [0.2, 0.25) is 10.0 Å². The molecule has 0 unspecified atom stereocenters. The molecular weight excluding hydrogens is 414 g/mol. The minimum absolute atomic E-state index is 0.0535. The second-order valence-corrected chi connectivity index (χ2v) is 7.97. The Bertz CT molecular complexity index is 1110. The first-order valence-corrected chi connectivity index (χ1v) is 10.5. The topological polar surface area (TPSA) is 126 Å². The van der Waals surface area contributed by atoms with Crippen LogP contribution in [-0.4, -0.2) is 38.8 Å². The number of benzene rings is 2. The lowest BCUT2D eigenvalue weighted by atomic mass is 10.1. The molecule has 152 valence electrons. The van der Waals surface area contributed by atoms with E-state index in [1.807, 2.05) is 6.92 Å². The molecule has 0 saturated heterocycles. The number of thiocarbonyl (C=S) groups is 1. The highest BCUT2D eigenvalue weighted by atomic mass is 32.2. The van der Waals surface area contributed by atoms with E-state index in [4.69, 9.17) is 22.1 Å². The number of anilines is 2. The van der Waals surface area contributed by atoms with Crippen molar-refractivity contribution in [2.24, 2.45) is 10.2 Å². The number of carbonyl (C=O) groups is 1. The normalized spacial score (nSPS) is 14.7. The predicted octanol–water partition coefficient (Wildman–Crippen LogP) is 1.40. The van der Waals surface area contributed by atoms with E-state index in [0.717, 1.165) is 0 Å². The van der Waals surface area contributed by atoms with Crippen molar-refractivity contribution < 1.29 is 17.9 Å². The summed E-state index contributed by atoms with van der Waals surface area (Å²) < 4.78 is 28.3. The molecule has 1 aliphatic heterocycles. The Morgan fingerprint density at radius 1 is 1.28 bits per heavy atom. The number of likely N-dealkylation sites (N-methyl/N-ethyl adjacent to an activating group) is 1. The lowest BCUT2D eigenvalue weighted by Gasteiger charge is -2.16. The van der Waals surface area contributed by atoms with Crippen LogP contribution in [-0.2, 0) is 14.8 Å². The Kier molecular flexibility index (Phi) is 5.82. The lowest BCUT2D eigenvalue weighted by Crippen LogP contribution is -2.32. The maximum atomic E-state index is 12.7. The highest BCUT2D eigenvalue weighted by Crippen LogP contribution is 2.37. The van der Waals surface area contributed by atoms with E-state index >= 15 is 0 Å². The Hall–Kier alpha value is -3.02. The number of rotatable bonds is 5. The molecular formula is C18H19N5O4S2. The fourth-order valence-corrected chi connectivity index (χ4v) is 3.65. The number of ether oxygens (including phenoxy) is 1. The van der Waals surface area contributed by atoms with Gasteiger partial charge in [-0.1, -0.05) is 18.2 Å². The Morgan fingerprint density at radius 2 is 2.00 bits per heavy atom. The van der Waals surface area contributed by atoms with Crippen LogP contribution in [0.5, 0.6) is 5.75 Å². The van der Waals surface area contributed by atoms with Gasteiger partial charge in [-0.3, -0.25) is 10.2 Å². The second kappa shape index (κ2) is 8.15. The first-order valence-electron chi connectivity index (χ1n) is 8.53. The largest absolute Gasteiger partial charge is 0.495 e. The number of sulfonamides is 1. The summed E-state index contributed by atoms with van der Waals surface area (Å²) in [5.74, 6) is 0.293. The molecule has 3 rings (SSSR count). The summed E-state index contributed by atoms with van der Waals surface area (Å²) in [5, 5.41) is 12.2. The Morgan fingerprint density at radius 3 is 2.66 bits per heavy atom. The van der Waals surface area contributed by atoms with Gasteiger partial charge in [0, 0.05) is 17.8 Å². The maximum Gasteiger partial charge on any atom is 0.279 e. The van der Waals surface area contributed by atoms with Crippen molar-refractivity contribution in [2.45, 2.75) is 11.8 Å². The number of hydrazone groups is 1. The number of methoxy groups -OCH3 is 1. The van der Waals surface area contributed by atoms with Crippen molar-refractivity contribution in [1.82, 2.24) is 5.43 Å². The molecule has 1 aliphatic rings. The van der Waals surface area contributed by atoms with Crippen LogP contribution in [0.15, 0.2) is 52.5 Å². The Labute approximate surface area is 173 Å². The summed E-state index contributed by atoms with van der Waals surface area (Å²) in [4.78, 5) is 14.3. The van der Waals surface area contributed by atoms with Gasteiger partial charge < -0.3 is 15.0 Å². The number of para-hydroxylation sites is 1. The predicted molar refractivity (Wildman–Crippen MR) is 115 cm³/mol. The molecule has 1 heterocycles. The number of nitrogens with zero attached hydrogens (tertiary/aromatic N) is 2. The van der Waals surface area contributed by atoms with E-state index in [1.165, 1.54) is 25.3 Å². The van der Waals surface area contributed by atoms with Crippen LogP contribution in [0.4, 0.5) is 11.4 Å². The van der Waals surface area contributed by atoms with Gasteiger partial charge in [0.25, 0.3) is 5.91 Å². The quantitative estimate of drug-likeness (QED) is 0.481. The fourth-order valence-electron chi connectivity index (χ4n) is 2.93. The van der Waals surface area contributed by atoms with Crippen LogP contribution in [0, 0.1) is 0 Å². The molecule has 0 radical (unpaired) electrons. The molecule has 0 spiro atoms. The first kappa shape index (κ1) is 20.7. The number of carbonyl (C=O) groups excluding carboxylic acids is 1. The standard InChI is InChI=1S/C18H19N5O4S2/c1-3-23-16-13(8-5-9-14(16)27-2)15(17(23)24)21-22-18(28)20-11-6-4-7-12(10-11)29(19,25)26/h4-10H,3H2,1-2H3,(H2,19,25,26)(H2,20,22,28). The minimum Gasteiger partial charge on any atom is -0.495 e. The summed E-state index contributed by atoms with van der Waals surface area (Å²) in [6, 6.07) is 11.2. The van der Waals surface area contributed by atoms with Gasteiger partial charge in [-0.25, -0.2) is 13.6 Å². The monoisotopic (exact) mass is 433 g/mol. The van der Waals surface area contributed by atoms with E-state index in [2.05, 4.69) is 15.8 Å². The first-order chi connectivity index (χ1) is 13.8. The van der Waals surface area contributed by atoms with Crippen molar-refractivity contribution in [3.63, 3.8) is 0 Å². The summed E-state index contributed by atoms with van der Waals surface area (Å²) in [6.45, 7) is 2.31. The average Bonchev–Trinajstić information content (AvgIpc) is 2.96. The zero-order valence-corrected chi connectivity index (χ0v) is 17.3. The van der Waals surface area contributed by atoms with Gasteiger partial charge in [0.1, 0.15) is 5.75 Å². The molecule has 29 heavy (non-hydrogen) atoms. The molecule has 11 heteroatoms. The third-order valence-electron chi connectivity index (χ3n) is 4.20. The molecule has 0 atom stereocenters. The molecule has 0 saturated carbocycles. The molecule has 0 fully saturated rings. The molecule has 1 amide bonds. The number of primary sulfonamides is 1. The Balaban J connectivity index is 1.82. The van der Waals surface area contributed by atoms with Gasteiger partial charge >= 0.3 is 0 Å². The van der Waals surface area contributed by atoms with Crippen molar-refractivity contribution in [2.75, 3.05) is 23.9 Å². The lowest BCUT2D eigenvalue weighted by molar-refractivity contribution is -0.112. The molecule has 4 N–H and O–H groups in total. The third kappa shape index (κ3) is 4.21. The SMILES string of the molecule is CCN1C(=O)C(=NNC(=S)Nc2cccc(S(N)(=O)=O)c2)c2cccc(OC)c21. The van der Waals surface area contributed by atoms with Gasteiger partial charge in [0.05, 0.1) is 17.7 Å². The van der Waals surface area contributed by atoms with Gasteiger partial charge in [-0.05, 0) is 43.4 Å². The van der Waals surface area contributed by atoms with Crippen LogP contribution in [0.3, 0.4) is 0 Å². The van der Waals surface area contributed by atoms with Crippen molar-refractivity contribution in [3.8, 4) is 5.75 Å². The van der Waals surface area contributed by atoms with Crippen LogP contribution >= 0.6 is 12.2 Å². The maximum absolute atomic E-state index is 12.7. The van der Waals surface area contributed by atoms with E-state index in [9.17, 15) is 13.2 Å². The van der Waals surface area contributed by atoms with Crippen LogP contribution in [0.1, 0.15) is 12.5 Å². The number of amides is 1. The average molecular weight is 434 g/mol. The van der Waals surface area contributed by atoms with E-state index in [0.29, 0.717) is 29.2 Å². The van der Waals surface area contributed by atoms with Gasteiger partial charge in [0.15, 0.2) is 10.8 Å². The number of nitrogens with one attached hydrogen (secondary N) is 2. The van der Waals surface area contributed by atoms with E-state index in [-0.39, 0.29) is 21.6 Å². The highest BCUT2D eigenvalue weighted by molar-refractivity contribution is 7.89. The molecule has 9 nitrogen and oxygen atoms in total. The second-order valence-electron chi connectivity index (χ2n) is 6.01. The van der Waals surface area contributed by atoms with Crippen molar-refractivity contribution in [3.05, 3.63) is 48.0 Å². The van der Waals surface area contributed by atoms with E-state index < -0.39 is 10.0 Å². The number of hydrogen-bond donors (Lipinski definition) is 3. The highest BCUT2D eigenvalue weighted by Gasteiger charge is 2.35. The summed E-state index contributed by atoms with van der Waals surface area (Å²) in [7, 11) is -2.30. The van der Waals surface area contributed by atoms with Crippen LogP contribution in [0.2, 0.25) is 0 Å². The molecule has 0 bridgehead atoms. The smallest absolute Gasteiger partial charge is 0.279 e. The van der Waals surface area contributed by atoms with Gasteiger partial charge in [-0.2, -0.15) is 5.10 Å².